The number of benzene rings is 1. The second-order valence-electron chi connectivity index (χ2n) is 5.60. The summed E-state index contributed by atoms with van der Waals surface area (Å²) in [6.07, 6.45) is 8.30. The van der Waals surface area contributed by atoms with Gasteiger partial charge in [-0.25, -0.2) is 4.98 Å². The topological polar surface area (TPSA) is 21.1 Å². The van der Waals surface area contributed by atoms with E-state index in [9.17, 15) is 0 Å². The van der Waals surface area contributed by atoms with E-state index in [0.29, 0.717) is 0 Å². The molecule has 100 valence electrons. The number of aromatic nitrogens is 2. The number of rotatable bonds is 3. The van der Waals surface area contributed by atoms with Gasteiger partial charge in [-0.3, -0.25) is 4.90 Å². The van der Waals surface area contributed by atoms with Crippen molar-refractivity contribution in [3.63, 3.8) is 0 Å². The van der Waals surface area contributed by atoms with Crippen LogP contribution in [-0.4, -0.2) is 27.5 Å². The smallest absolute Gasteiger partial charge is 0.0991 e. The van der Waals surface area contributed by atoms with Crippen LogP contribution < -0.4 is 0 Å². The summed E-state index contributed by atoms with van der Waals surface area (Å²) in [7, 11) is 0. The van der Waals surface area contributed by atoms with Crippen LogP contribution in [0.2, 0.25) is 0 Å². The monoisotopic (exact) mass is 255 g/mol. The molecule has 3 nitrogen and oxygen atoms in total. The lowest BCUT2D eigenvalue weighted by Crippen LogP contribution is -2.32. The van der Waals surface area contributed by atoms with Crippen LogP contribution in [0.15, 0.2) is 43.0 Å². The van der Waals surface area contributed by atoms with Crippen LogP contribution in [0.5, 0.6) is 0 Å². The summed E-state index contributed by atoms with van der Waals surface area (Å²) in [5.41, 5.74) is 2.58. The van der Waals surface area contributed by atoms with E-state index in [1.807, 2.05) is 23.3 Å². The van der Waals surface area contributed by atoms with Gasteiger partial charge in [0.15, 0.2) is 0 Å². The molecule has 1 fully saturated rings. The lowest BCUT2D eigenvalue weighted by Gasteiger charge is -2.30. The molecule has 0 atom stereocenters. The van der Waals surface area contributed by atoms with Crippen molar-refractivity contribution in [2.45, 2.75) is 26.3 Å². The predicted molar refractivity (Wildman–Crippen MR) is 77.2 cm³/mol. The van der Waals surface area contributed by atoms with E-state index in [2.05, 4.69) is 41.1 Å². The highest BCUT2D eigenvalue weighted by atomic mass is 15.1. The van der Waals surface area contributed by atoms with Crippen LogP contribution in [0.3, 0.4) is 0 Å². The van der Waals surface area contributed by atoms with Crippen molar-refractivity contribution in [2.75, 3.05) is 13.1 Å². The molecule has 0 aliphatic carbocycles. The summed E-state index contributed by atoms with van der Waals surface area (Å²) in [5.74, 6) is 0.903. The third-order valence-corrected chi connectivity index (χ3v) is 4.02. The number of hydrogen-bond acceptors (Lipinski definition) is 2. The maximum Gasteiger partial charge on any atom is 0.0991 e. The summed E-state index contributed by atoms with van der Waals surface area (Å²) in [6, 6.07) is 8.80. The van der Waals surface area contributed by atoms with Crippen molar-refractivity contribution in [3.05, 3.63) is 48.5 Å². The second-order valence-corrected chi connectivity index (χ2v) is 5.60. The van der Waals surface area contributed by atoms with Crippen molar-refractivity contribution in [1.29, 1.82) is 0 Å². The van der Waals surface area contributed by atoms with Crippen molar-refractivity contribution in [1.82, 2.24) is 14.5 Å². The van der Waals surface area contributed by atoms with Gasteiger partial charge in [0, 0.05) is 24.6 Å². The number of nitrogens with zero attached hydrogens (tertiary/aromatic N) is 3. The lowest BCUT2D eigenvalue weighted by molar-refractivity contribution is 0.185. The molecule has 0 radical (unpaired) electrons. The fourth-order valence-corrected chi connectivity index (χ4v) is 2.66. The Hall–Kier alpha value is -1.61. The zero-order valence-corrected chi connectivity index (χ0v) is 11.5. The van der Waals surface area contributed by atoms with Crippen molar-refractivity contribution >= 4 is 0 Å². The fraction of sp³-hybridized carbons (Fsp3) is 0.438. The van der Waals surface area contributed by atoms with Gasteiger partial charge in [-0.2, -0.15) is 0 Å². The normalized spacial score (nSPS) is 17.7. The van der Waals surface area contributed by atoms with Crippen molar-refractivity contribution < 1.29 is 0 Å². The van der Waals surface area contributed by atoms with E-state index in [1.54, 1.807) is 0 Å². The Morgan fingerprint density at radius 3 is 2.53 bits per heavy atom. The lowest BCUT2D eigenvalue weighted by atomic mass is 9.99. The van der Waals surface area contributed by atoms with Crippen LogP contribution in [0, 0.1) is 5.92 Å². The molecule has 1 aliphatic heterocycles. The average Bonchev–Trinajstić information content (AvgIpc) is 2.96. The highest BCUT2D eigenvalue weighted by molar-refractivity contribution is 5.34. The SMILES string of the molecule is CC1CCN(Cc2ccc(-n3ccnc3)cc2)CC1. The predicted octanol–water partition coefficient (Wildman–Crippen LogP) is 3.10. The highest BCUT2D eigenvalue weighted by Gasteiger charge is 2.15. The molecule has 0 bridgehead atoms. The van der Waals surface area contributed by atoms with Crippen molar-refractivity contribution in [3.8, 4) is 5.69 Å². The fourth-order valence-electron chi connectivity index (χ4n) is 2.66. The molecular formula is C16H21N3. The summed E-state index contributed by atoms with van der Waals surface area (Å²) < 4.78 is 2.03. The van der Waals surface area contributed by atoms with Gasteiger partial charge in [0.05, 0.1) is 6.33 Å². The molecule has 1 aromatic heterocycles. The second kappa shape index (κ2) is 5.57. The third-order valence-electron chi connectivity index (χ3n) is 4.02. The van der Waals surface area contributed by atoms with Crippen LogP contribution in [0.1, 0.15) is 25.3 Å². The molecule has 3 heteroatoms. The first-order valence-corrected chi connectivity index (χ1v) is 7.11. The Kier molecular flexibility index (Phi) is 3.65. The summed E-state index contributed by atoms with van der Waals surface area (Å²) in [6.45, 7) is 5.92. The van der Waals surface area contributed by atoms with Crippen molar-refractivity contribution in [2.24, 2.45) is 5.92 Å². The Morgan fingerprint density at radius 1 is 1.16 bits per heavy atom. The largest absolute Gasteiger partial charge is 0.306 e. The van der Waals surface area contributed by atoms with Crippen LogP contribution in [0.4, 0.5) is 0 Å². The zero-order chi connectivity index (χ0) is 13.1. The molecule has 0 spiro atoms. The van der Waals surface area contributed by atoms with Gasteiger partial charge in [0.2, 0.25) is 0 Å². The standard InChI is InChI=1S/C16H21N3/c1-14-6-9-18(10-7-14)12-15-2-4-16(5-3-15)19-11-8-17-13-19/h2-5,8,11,13-14H,6-7,9-10,12H2,1H3. The van der Waals surface area contributed by atoms with Gasteiger partial charge in [-0.15, -0.1) is 0 Å². The summed E-state index contributed by atoms with van der Waals surface area (Å²) in [4.78, 5) is 6.64. The third kappa shape index (κ3) is 3.04. The molecule has 0 unspecified atom stereocenters. The number of piperidine rings is 1. The molecule has 3 rings (SSSR count). The van der Waals surface area contributed by atoms with Crippen LogP contribution in [-0.2, 0) is 6.54 Å². The molecule has 1 aliphatic rings. The molecule has 0 saturated carbocycles. The quantitative estimate of drug-likeness (QED) is 0.840. The number of imidazole rings is 1. The Labute approximate surface area is 114 Å². The molecule has 0 N–H and O–H groups in total. The molecule has 19 heavy (non-hydrogen) atoms. The van der Waals surface area contributed by atoms with E-state index in [1.165, 1.54) is 37.2 Å². The minimum absolute atomic E-state index is 0.903. The highest BCUT2D eigenvalue weighted by Crippen LogP contribution is 2.18. The summed E-state index contributed by atoms with van der Waals surface area (Å²) >= 11 is 0. The van der Waals surface area contributed by atoms with Gasteiger partial charge in [0.25, 0.3) is 0 Å². The molecule has 2 aromatic rings. The van der Waals surface area contributed by atoms with E-state index in [4.69, 9.17) is 0 Å². The number of likely N-dealkylation sites (tertiary alicyclic amines) is 1. The first-order chi connectivity index (χ1) is 9.31. The first-order valence-electron chi connectivity index (χ1n) is 7.11. The van der Waals surface area contributed by atoms with Gasteiger partial charge in [-0.1, -0.05) is 19.1 Å². The average molecular weight is 255 g/mol. The maximum atomic E-state index is 4.08. The molecule has 2 heterocycles. The number of hydrogen-bond donors (Lipinski definition) is 0. The maximum absolute atomic E-state index is 4.08. The van der Waals surface area contributed by atoms with E-state index in [-0.39, 0.29) is 0 Å². The molecule has 0 amide bonds. The Morgan fingerprint density at radius 2 is 1.89 bits per heavy atom. The zero-order valence-electron chi connectivity index (χ0n) is 11.5. The van der Waals surface area contributed by atoms with E-state index in [0.717, 1.165) is 12.5 Å². The van der Waals surface area contributed by atoms with Gasteiger partial charge in [-0.05, 0) is 49.5 Å². The van der Waals surface area contributed by atoms with Gasteiger partial charge in [0.1, 0.15) is 0 Å². The van der Waals surface area contributed by atoms with E-state index < -0.39 is 0 Å². The van der Waals surface area contributed by atoms with Gasteiger partial charge < -0.3 is 4.57 Å². The van der Waals surface area contributed by atoms with Crippen LogP contribution >= 0.6 is 0 Å². The molecular weight excluding hydrogens is 234 g/mol. The van der Waals surface area contributed by atoms with Crippen LogP contribution in [0.25, 0.3) is 5.69 Å². The first kappa shape index (κ1) is 12.4. The molecule has 1 saturated heterocycles. The summed E-state index contributed by atoms with van der Waals surface area (Å²) in [5, 5.41) is 0. The van der Waals surface area contributed by atoms with Gasteiger partial charge >= 0.3 is 0 Å². The molecule has 1 aromatic carbocycles. The Balaban J connectivity index is 1.63. The van der Waals surface area contributed by atoms with E-state index >= 15 is 0 Å². The Bertz CT molecular complexity index is 493. The minimum Gasteiger partial charge on any atom is -0.306 e. The minimum atomic E-state index is 0.903.